The first-order valence-electron chi connectivity index (χ1n) is 5.82. The maximum absolute atomic E-state index is 13.2. The Kier molecular flexibility index (Phi) is 5.09. The van der Waals surface area contributed by atoms with Crippen molar-refractivity contribution in [3.05, 3.63) is 33.5 Å². The topological polar surface area (TPSA) is 47.0 Å². The molecule has 0 saturated carbocycles. The predicted octanol–water partition coefficient (Wildman–Crippen LogP) is 3.84. The van der Waals surface area contributed by atoms with Crippen LogP contribution in [0.25, 0.3) is 0 Å². The van der Waals surface area contributed by atoms with Crippen LogP contribution < -0.4 is 10.1 Å². The number of aromatic nitrogens is 2. The SMILES string of the molecule is CCCNc1nnc(COc2cc(F)cc(Br)c2)s1. The minimum absolute atomic E-state index is 0.279. The summed E-state index contributed by atoms with van der Waals surface area (Å²) in [5.74, 6) is 0.122. The smallest absolute Gasteiger partial charge is 0.205 e. The average molecular weight is 346 g/mol. The van der Waals surface area contributed by atoms with Crippen LogP contribution in [0.3, 0.4) is 0 Å². The van der Waals surface area contributed by atoms with Gasteiger partial charge < -0.3 is 10.1 Å². The van der Waals surface area contributed by atoms with Gasteiger partial charge in [-0.05, 0) is 18.6 Å². The number of halogens is 2. The van der Waals surface area contributed by atoms with Gasteiger partial charge in [0.15, 0.2) is 5.01 Å². The Balaban J connectivity index is 1.92. The normalized spacial score (nSPS) is 10.5. The lowest BCUT2D eigenvalue weighted by Gasteiger charge is -2.04. The van der Waals surface area contributed by atoms with Crippen LogP contribution in [0.15, 0.2) is 22.7 Å². The van der Waals surface area contributed by atoms with E-state index in [1.807, 2.05) is 0 Å². The van der Waals surface area contributed by atoms with Gasteiger partial charge in [-0.3, -0.25) is 0 Å². The van der Waals surface area contributed by atoms with Crippen molar-refractivity contribution in [1.82, 2.24) is 10.2 Å². The van der Waals surface area contributed by atoms with E-state index in [0.717, 1.165) is 23.1 Å². The highest BCUT2D eigenvalue weighted by Gasteiger charge is 2.05. The van der Waals surface area contributed by atoms with Crippen LogP contribution in [0.4, 0.5) is 9.52 Å². The minimum Gasteiger partial charge on any atom is -0.486 e. The van der Waals surface area contributed by atoms with E-state index in [2.05, 4.69) is 38.4 Å². The molecule has 0 unspecified atom stereocenters. The highest BCUT2D eigenvalue weighted by molar-refractivity contribution is 9.10. The van der Waals surface area contributed by atoms with Crippen LogP contribution in [0.1, 0.15) is 18.4 Å². The van der Waals surface area contributed by atoms with Gasteiger partial charge in [0.1, 0.15) is 18.2 Å². The zero-order chi connectivity index (χ0) is 13.7. The average Bonchev–Trinajstić information content (AvgIpc) is 2.81. The zero-order valence-corrected chi connectivity index (χ0v) is 12.7. The maximum Gasteiger partial charge on any atom is 0.205 e. The molecule has 0 saturated heterocycles. The van der Waals surface area contributed by atoms with Gasteiger partial charge in [-0.2, -0.15) is 0 Å². The van der Waals surface area contributed by atoms with E-state index in [-0.39, 0.29) is 12.4 Å². The second-order valence-electron chi connectivity index (χ2n) is 3.82. The third-order valence-corrected chi connectivity index (χ3v) is 3.50. The molecule has 0 bridgehead atoms. The van der Waals surface area contributed by atoms with Crippen molar-refractivity contribution in [2.75, 3.05) is 11.9 Å². The molecule has 1 aromatic carbocycles. The Bertz CT molecular complexity index is 529. The number of rotatable bonds is 6. The number of ether oxygens (including phenoxy) is 1. The predicted molar refractivity (Wildman–Crippen MR) is 77.1 cm³/mol. The third kappa shape index (κ3) is 4.43. The molecule has 0 amide bonds. The molecule has 0 spiro atoms. The summed E-state index contributed by atoms with van der Waals surface area (Å²) in [6.07, 6.45) is 1.03. The first-order valence-corrected chi connectivity index (χ1v) is 7.43. The van der Waals surface area contributed by atoms with Crippen LogP contribution in [0, 0.1) is 5.82 Å². The number of hydrogen-bond donors (Lipinski definition) is 1. The molecule has 2 rings (SSSR count). The summed E-state index contributed by atoms with van der Waals surface area (Å²) in [6.45, 7) is 3.23. The summed E-state index contributed by atoms with van der Waals surface area (Å²) in [7, 11) is 0. The highest BCUT2D eigenvalue weighted by Crippen LogP contribution is 2.22. The number of benzene rings is 1. The summed E-state index contributed by atoms with van der Waals surface area (Å²) in [6, 6.07) is 4.42. The number of hydrogen-bond acceptors (Lipinski definition) is 5. The molecule has 4 nitrogen and oxygen atoms in total. The summed E-state index contributed by atoms with van der Waals surface area (Å²) in [5.41, 5.74) is 0. The van der Waals surface area contributed by atoms with Crippen molar-refractivity contribution in [1.29, 1.82) is 0 Å². The molecule has 7 heteroatoms. The largest absolute Gasteiger partial charge is 0.486 e. The van der Waals surface area contributed by atoms with Crippen LogP contribution in [-0.2, 0) is 6.61 Å². The monoisotopic (exact) mass is 345 g/mol. The fourth-order valence-electron chi connectivity index (χ4n) is 1.37. The summed E-state index contributed by atoms with van der Waals surface area (Å²) >= 11 is 4.65. The Morgan fingerprint density at radius 1 is 1.37 bits per heavy atom. The van der Waals surface area contributed by atoms with Gasteiger partial charge in [0, 0.05) is 17.1 Å². The molecule has 1 N–H and O–H groups in total. The molecule has 0 atom stereocenters. The van der Waals surface area contributed by atoms with Gasteiger partial charge in [0.25, 0.3) is 0 Å². The van der Waals surface area contributed by atoms with Gasteiger partial charge in [-0.15, -0.1) is 10.2 Å². The van der Waals surface area contributed by atoms with Crippen LogP contribution >= 0.6 is 27.3 Å². The number of anilines is 1. The Morgan fingerprint density at radius 3 is 2.95 bits per heavy atom. The summed E-state index contributed by atoms with van der Waals surface area (Å²) < 4.78 is 19.3. The third-order valence-electron chi connectivity index (χ3n) is 2.19. The molecule has 1 aromatic heterocycles. The molecule has 0 aliphatic heterocycles. The molecular weight excluding hydrogens is 333 g/mol. The van der Waals surface area contributed by atoms with Gasteiger partial charge in [0.2, 0.25) is 5.13 Å². The van der Waals surface area contributed by atoms with Crippen LogP contribution in [0.2, 0.25) is 0 Å². The second kappa shape index (κ2) is 6.81. The van der Waals surface area contributed by atoms with Gasteiger partial charge in [0.05, 0.1) is 0 Å². The van der Waals surface area contributed by atoms with E-state index in [1.165, 1.54) is 23.5 Å². The second-order valence-corrected chi connectivity index (χ2v) is 5.80. The molecule has 2 aromatic rings. The minimum atomic E-state index is -0.341. The van der Waals surface area contributed by atoms with Crippen molar-refractivity contribution in [2.24, 2.45) is 0 Å². The summed E-state index contributed by atoms with van der Waals surface area (Å²) in [5, 5.41) is 12.7. The standard InChI is InChI=1S/C12H13BrFN3OS/c1-2-3-15-12-17-16-11(19-12)7-18-10-5-8(13)4-9(14)6-10/h4-6H,2-3,7H2,1H3,(H,15,17). The van der Waals surface area contributed by atoms with Crippen LogP contribution in [0.5, 0.6) is 5.75 Å². The maximum atomic E-state index is 13.2. The van der Waals surface area contributed by atoms with E-state index in [0.29, 0.717) is 10.2 Å². The van der Waals surface area contributed by atoms with Crippen molar-refractivity contribution >= 4 is 32.4 Å². The lowest BCUT2D eigenvalue weighted by molar-refractivity contribution is 0.302. The van der Waals surface area contributed by atoms with E-state index < -0.39 is 0 Å². The van der Waals surface area contributed by atoms with E-state index in [1.54, 1.807) is 6.07 Å². The fourth-order valence-corrected chi connectivity index (χ4v) is 2.50. The molecule has 102 valence electrons. The zero-order valence-electron chi connectivity index (χ0n) is 10.3. The lowest BCUT2D eigenvalue weighted by atomic mass is 10.3. The molecule has 1 heterocycles. The molecule has 0 radical (unpaired) electrons. The van der Waals surface area contributed by atoms with Crippen molar-refractivity contribution in [2.45, 2.75) is 20.0 Å². The Morgan fingerprint density at radius 2 is 2.21 bits per heavy atom. The van der Waals surface area contributed by atoms with E-state index in [4.69, 9.17) is 4.74 Å². The van der Waals surface area contributed by atoms with Crippen molar-refractivity contribution < 1.29 is 9.13 Å². The van der Waals surface area contributed by atoms with Crippen molar-refractivity contribution in [3.63, 3.8) is 0 Å². The van der Waals surface area contributed by atoms with E-state index in [9.17, 15) is 4.39 Å². The first-order chi connectivity index (χ1) is 9.17. The van der Waals surface area contributed by atoms with E-state index >= 15 is 0 Å². The van der Waals surface area contributed by atoms with Crippen LogP contribution in [-0.4, -0.2) is 16.7 Å². The molecule has 0 aliphatic rings. The molecule has 19 heavy (non-hydrogen) atoms. The van der Waals surface area contributed by atoms with Gasteiger partial charge in [-0.1, -0.05) is 34.2 Å². The first kappa shape index (κ1) is 14.2. The fraction of sp³-hybridized carbons (Fsp3) is 0.333. The Labute approximate surface area is 123 Å². The highest BCUT2D eigenvalue weighted by atomic mass is 79.9. The molecule has 0 fully saturated rings. The quantitative estimate of drug-likeness (QED) is 0.863. The lowest BCUT2D eigenvalue weighted by Crippen LogP contribution is -1.98. The molecule has 0 aliphatic carbocycles. The number of nitrogens with one attached hydrogen (secondary N) is 1. The number of nitrogens with zero attached hydrogens (tertiary/aromatic N) is 2. The molecular formula is C12H13BrFN3OS. The van der Waals surface area contributed by atoms with Gasteiger partial charge in [-0.25, -0.2) is 4.39 Å². The summed E-state index contributed by atoms with van der Waals surface area (Å²) in [4.78, 5) is 0. The Hall–Kier alpha value is -1.21. The van der Waals surface area contributed by atoms with Gasteiger partial charge >= 0.3 is 0 Å². The van der Waals surface area contributed by atoms with Crippen molar-refractivity contribution in [3.8, 4) is 5.75 Å².